The maximum Gasteiger partial charge on any atom is 0.349 e. The molecular formula is C15H9I3O7S. The molecule has 0 heterocycles. The largest absolute Gasteiger partial charge is 0.450 e. The van der Waals surface area contributed by atoms with E-state index >= 15 is 0 Å². The Morgan fingerprint density at radius 1 is 1.00 bits per heavy atom. The van der Waals surface area contributed by atoms with Gasteiger partial charge in [0.2, 0.25) is 0 Å². The van der Waals surface area contributed by atoms with Crippen LogP contribution in [0.1, 0.15) is 10.4 Å². The average Bonchev–Trinajstić information content (AvgIpc) is 2.51. The van der Waals surface area contributed by atoms with Crippen molar-refractivity contribution < 1.29 is 32.0 Å². The van der Waals surface area contributed by atoms with Gasteiger partial charge in [0.25, 0.3) is 10.1 Å². The van der Waals surface area contributed by atoms with Gasteiger partial charge in [-0.25, -0.2) is 9.59 Å². The smallest absolute Gasteiger partial charge is 0.349 e. The van der Waals surface area contributed by atoms with E-state index < -0.39 is 28.7 Å². The third-order valence-corrected chi connectivity index (χ3v) is 6.08. The number of ether oxygens (including phenoxy) is 2. The Hall–Kier alpha value is -0.520. The van der Waals surface area contributed by atoms with Crippen LogP contribution < -0.4 is 4.74 Å². The molecule has 1 N–H and O–H groups in total. The number of hydrogen-bond donors (Lipinski definition) is 1. The highest BCUT2D eigenvalue weighted by Crippen LogP contribution is 2.23. The van der Waals surface area contributed by atoms with Gasteiger partial charge in [-0.1, -0.05) is 0 Å². The van der Waals surface area contributed by atoms with Gasteiger partial charge in [-0.3, -0.25) is 4.55 Å². The van der Waals surface area contributed by atoms with E-state index in [1.165, 1.54) is 12.1 Å². The maximum absolute atomic E-state index is 12.2. The molecule has 0 bridgehead atoms. The number of esters is 2. The summed E-state index contributed by atoms with van der Waals surface area (Å²) >= 11 is 6.17. The van der Waals surface area contributed by atoms with Gasteiger partial charge in [0, 0.05) is 10.7 Å². The van der Waals surface area contributed by atoms with Crippen LogP contribution in [0.2, 0.25) is 0 Å². The summed E-state index contributed by atoms with van der Waals surface area (Å²) in [6.07, 6.45) is 0. The van der Waals surface area contributed by atoms with Crippen molar-refractivity contribution in [2.24, 2.45) is 0 Å². The second-order valence-corrected chi connectivity index (χ2v) is 9.73. The van der Waals surface area contributed by atoms with Gasteiger partial charge in [0.05, 0.1) is 10.5 Å². The first-order valence-electron chi connectivity index (χ1n) is 6.68. The monoisotopic (exact) mass is 714 g/mol. The van der Waals surface area contributed by atoms with E-state index in [2.05, 4.69) is 22.6 Å². The van der Waals surface area contributed by atoms with Crippen molar-refractivity contribution in [1.29, 1.82) is 0 Å². The topological polar surface area (TPSA) is 107 Å². The second kappa shape index (κ2) is 9.11. The zero-order valence-corrected chi connectivity index (χ0v) is 19.9. The predicted octanol–water partition coefficient (Wildman–Crippen LogP) is 3.51. The predicted molar refractivity (Wildman–Crippen MR) is 117 cm³/mol. The van der Waals surface area contributed by atoms with Gasteiger partial charge in [-0.2, -0.15) is 8.42 Å². The fourth-order valence-electron chi connectivity index (χ4n) is 1.77. The van der Waals surface area contributed by atoms with Gasteiger partial charge in [0.1, 0.15) is 5.75 Å². The van der Waals surface area contributed by atoms with E-state index in [-0.39, 0.29) is 10.6 Å². The highest BCUT2D eigenvalue weighted by molar-refractivity contribution is 14.1. The van der Waals surface area contributed by atoms with Crippen LogP contribution >= 0.6 is 67.8 Å². The van der Waals surface area contributed by atoms with Crippen LogP contribution in [-0.4, -0.2) is 31.5 Å². The molecular weight excluding hydrogens is 705 g/mol. The summed E-state index contributed by atoms with van der Waals surface area (Å²) in [6, 6.07) is 8.20. The highest BCUT2D eigenvalue weighted by atomic mass is 127. The number of carbonyl (C=O) groups excluding carboxylic acids is 2. The molecule has 138 valence electrons. The summed E-state index contributed by atoms with van der Waals surface area (Å²) in [5, 5.41) is 0. The van der Waals surface area contributed by atoms with E-state index in [0.717, 1.165) is 15.7 Å². The molecule has 0 saturated carbocycles. The minimum atomic E-state index is -4.32. The molecule has 0 saturated heterocycles. The lowest BCUT2D eigenvalue weighted by atomic mass is 10.2. The summed E-state index contributed by atoms with van der Waals surface area (Å²) in [7, 11) is -4.32. The van der Waals surface area contributed by atoms with Crippen LogP contribution in [-0.2, 0) is 19.6 Å². The molecule has 0 aliphatic rings. The molecule has 0 fully saturated rings. The van der Waals surface area contributed by atoms with Gasteiger partial charge in [-0.15, -0.1) is 0 Å². The molecule has 11 heteroatoms. The van der Waals surface area contributed by atoms with Crippen molar-refractivity contribution in [1.82, 2.24) is 0 Å². The Morgan fingerprint density at radius 2 is 1.54 bits per heavy atom. The SMILES string of the molecule is O=C(COC(=O)c1c(I)cc(I)cc1I)Oc1ccc(S(=O)(=O)O)cc1. The maximum atomic E-state index is 12.2. The van der Waals surface area contributed by atoms with Crippen molar-refractivity contribution in [3.8, 4) is 5.75 Å². The molecule has 0 spiro atoms. The highest BCUT2D eigenvalue weighted by Gasteiger charge is 2.18. The zero-order chi connectivity index (χ0) is 19.5. The molecule has 0 amide bonds. The summed E-state index contributed by atoms with van der Waals surface area (Å²) in [4.78, 5) is 23.6. The Bertz CT molecular complexity index is 933. The lowest BCUT2D eigenvalue weighted by Gasteiger charge is -2.09. The number of hydrogen-bond acceptors (Lipinski definition) is 6. The van der Waals surface area contributed by atoms with Crippen LogP contribution in [0.3, 0.4) is 0 Å². The Labute approximate surface area is 190 Å². The summed E-state index contributed by atoms with van der Waals surface area (Å²) in [6.45, 7) is -0.600. The minimum absolute atomic E-state index is 0.0527. The molecule has 0 radical (unpaired) electrons. The van der Waals surface area contributed by atoms with Crippen molar-refractivity contribution in [3.63, 3.8) is 0 Å². The molecule has 0 unspecified atom stereocenters. The summed E-state index contributed by atoms with van der Waals surface area (Å²) in [5.41, 5.74) is 0.372. The lowest BCUT2D eigenvalue weighted by Crippen LogP contribution is -2.20. The molecule has 0 aromatic heterocycles. The van der Waals surface area contributed by atoms with Crippen LogP contribution in [0, 0.1) is 10.7 Å². The molecule has 0 atom stereocenters. The first kappa shape index (κ1) is 21.8. The third-order valence-electron chi connectivity index (χ3n) is 2.89. The first-order valence-corrected chi connectivity index (χ1v) is 11.4. The van der Waals surface area contributed by atoms with Crippen molar-refractivity contribution in [2.75, 3.05) is 6.61 Å². The first-order chi connectivity index (χ1) is 12.1. The van der Waals surface area contributed by atoms with Gasteiger partial charge in [0.15, 0.2) is 6.61 Å². The fraction of sp³-hybridized carbons (Fsp3) is 0.0667. The van der Waals surface area contributed by atoms with Gasteiger partial charge in [-0.05, 0) is 104 Å². The normalized spacial score (nSPS) is 11.1. The summed E-state index contributed by atoms with van der Waals surface area (Å²) < 4.78 is 43.1. The number of benzene rings is 2. The zero-order valence-electron chi connectivity index (χ0n) is 12.6. The molecule has 26 heavy (non-hydrogen) atoms. The fourth-order valence-corrected chi connectivity index (χ4v) is 6.28. The van der Waals surface area contributed by atoms with E-state index in [9.17, 15) is 18.0 Å². The average molecular weight is 714 g/mol. The van der Waals surface area contributed by atoms with Crippen molar-refractivity contribution >= 4 is 89.8 Å². The van der Waals surface area contributed by atoms with E-state index in [0.29, 0.717) is 12.7 Å². The molecule has 2 aromatic carbocycles. The molecule has 0 aliphatic heterocycles. The lowest BCUT2D eigenvalue weighted by molar-refractivity contribution is -0.137. The summed E-state index contributed by atoms with van der Waals surface area (Å²) in [5.74, 6) is -1.42. The number of carbonyl (C=O) groups is 2. The van der Waals surface area contributed by atoms with Crippen LogP contribution in [0.15, 0.2) is 41.3 Å². The van der Waals surface area contributed by atoms with Crippen LogP contribution in [0.25, 0.3) is 0 Å². The van der Waals surface area contributed by atoms with Crippen molar-refractivity contribution in [2.45, 2.75) is 4.90 Å². The molecule has 2 rings (SSSR count). The van der Waals surface area contributed by atoms with E-state index in [1.54, 1.807) is 0 Å². The molecule has 7 nitrogen and oxygen atoms in total. The number of halogens is 3. The Balaban J connectivity index is 1.98. The van der Waals surface area contributed by atoms with Crippen LogP contribution in [0.4, 0.5) is 0 Å². The Morgan fingerprint density at radius 3 is 2.04 bits per heavy atom. The molecule has 2 aromatic rings. The van der Waals surface area contributed by atoms with Gasteiger partial charge >= 0.3 is 11.9 Å². The quantitative estimate of drug-likeness (QED) is 0.219. The molecule has 0 aliphatic carbocycles. The standard InChI is InChI=1S/C15H9I3O7S/c16-8-5-11(17)14(12(18)6-8)15(20)24-7-13(19)25-9-1-3-10(4-2-9)26(21,22)23/h1-6H,7H2,(H,21,22,23). The second-order valence-electron chi connectivity index (χ2n) is 4.74. The third kappa shape index (κ3) is 6.00. The van der Waals surface area contributed by atoms with E-state index in [1.807, 2.05) is 57.3 Å². The van der Waals surface area contributed by atoms with Crippen molar-refractivity contribution in [3.05, 3.63) is 52.7 Å². The van der Waals surface area contributed by atoms with Crippen LogP contribution in [0.5, 0.6) is 5.75 Å². The number of rotatable bonds is 5. The van der Waals surface area contributed by atoms with Gasteiger partial charge < -0.3 is 9.47 Å². The van der Waals surface area contributed by atoms with E-state index in [4.69, 9.17) is 14.0 Å². The Kier molecular flexibility index (Phi) is 7.63. The minimum Gasteiger partial charge on any atom is -0.450 e.